The van der Waals surface area contributed by atoms with Gasteiger partial charge in [0, 0.05) is 19.1 Å². The molecule has 1 N–H and O–H groups in total. The molecule has 0 aromatic rings. The van der Waals surface area contributed by atoms with Crippen LogP contribution in [0, 0.1) is 23.7 Å². The summed E-state index contributed by atoms with van der Waals surface area (Å²) in [4.78, 5) is 11.3. The number of rotatable bonds is 14. The lowest BCUT2D eigenvalue weighted by molar-refractivity contribution is -0.117. The largest absolute Gasteiger partial charge is 0.378 e. The number of carbonyl (C=O) groups excluding carboxylic acids is 1. The van der Waals surface area contributed by atoms with Gasteiger partial charge in [0.05, 0.1) is 6.10 Å². The Morgan fingerprint density at radius 2 is 1.96 bits per heavy atom. The average molecular weight is 400 g/mol. The molecular weight excluding hydrogens is 354 g/mol. The lowest BCUT2D eigenvalue weighted by atomic mass is 9.71. The summed E-state index contributed by atoms with van der Waals surface area (Å²) in [5.74, 6) is 4.43. The molecule has 0 aromatic carbocycles. The summed E-state index contributed by atoms with van der Waals surface area (Å²) in [5, 5.41) is 3.87. The maximum absolute atomic E-state index is 11.3. The van der Waals surface area contributed by atoms with E-state index in [4.69, 9.17) is 4.74 Å². The fourth-order valence-corrected chi connectivity index (χ4v) is 5.25. The molecule has 0 radical (unpaired) electrons. The van der Waals surface area contributed by atoms with Gasteiger partial charge >= 0.3 is 0 Å². The van der Waals surface area contributed by atoms with Crippen molar-refractivity contribution in [2.24, 2.45) is 23.7 Å². The van der Waals surface area contributed by atoms with Crippen LogP contribution in [0.15, 0.2) is 0 Å². The molecule has 4 heteroatoms. The molecule has 160 valence electrons. The summed E-state index contributed by atoms with van der Waals surface area (Å²) >= 11 is 1.93. The molecule has 4 unspecified atom stereocenters. The topological polar surface area (TPSA) is 38.3 Å². The van der Waals surface area contributed by atoms with Crippen LogP contribution in [0.4, 0.5) is 0 Å². The summed E-state index contributed by atoms with van der Waals surface area (Å²) in [5.41, 5.74) is 0. The zero-order chi connectivity index (χ0) is 20.2. The van der Waals surface area contributed by atoms with Crippen LogP contribution in [0.2, 0.25) is 0 Å². The van der Waals surface area contributed by atoms with Crippen molar-refractivity contribution < 1.29 is 9.53 Å². The molecule has 1 rings (SSSR count). The van der Waals surface area contributed by atoms with Gasteiger partial charge < -0.3 is 14.8 Å². The summed E-state index contributed by atoms with van der Waals surface area (Å²) in [6.45, 7) is 12.9. The van der Waals surface area contributed by atoms with Gasteiger partial charge in [0.2, 0.25) is 0 Å². The van der Waals surface area contributed by atoms with E-state index in [9.17, 15) is 4.79 Å². The van der Waals surface area contributed by atoms with Crippen LogP contribution in [0.5, 0.6) is 0 Å². The fourth-order valence-electron chi connectivity index (χ4n) is 4.65. The van der Waals surface area contributed by atoms with Gasteiger partial charge in [0.15, 0.2) is 0 Å². The van der Waals surface area contributed by atoms with Gasteiger partial charge in [-0.2, -0.15) is 11.8 Å². The highest BCUT2D eigenvalue weighted by Crippen LogP contribution is 2.37. The first-order chi connectivity index (χ1) is 12.9. The first kappa shape index (κ1) is 25.0. The van der Waals surface area contributed by atoms with Gasteiger partial charge in [-0.15, -0.1) is 0 Å². The highest BCUT2D eigenvalue weighted by atomic mass is 32.2. The van der Waals surface area contributed by atoms with Crippen LogP contribution in [0.1, 0.15) is 79.6 Å². The maximum Gasteiger partial charge on any atom is 0.129 e. The van der Waals surface area contributed by atoms with E-state index in [1.54, 1.807) is 6.92 Å². The number of thioether (sulfide) groups is 1. The molecule has 0 bridgehead atoms. The molecule has 0 heterocycles. The summed E-state index contributed by atoms with van der Waals surface area (Å²) in [6.07, 6.45) is 10.6. The highest BCUT2D eigenvalue weighted by molar-refractivity contribution is 7.98. The normalized spacial score (nSPS) is 28.1. The van der Waals surface area contributed by atoms with Crippen LogP contribution in [0.25, 0.3) is 0 Å². The monoisotopic (exact) mass is 399 g/mol. The second kappa shape index (κ2) is 14.0. The molecule has 0 aromatic heterocycles. The Morgan fingerprint density at radius 3 is 2.59 bits per heavy atom. The van der Waals surface area contributed by atoms with E-state index in [2.05, 4.69) is 39.3 Å². The zero-order valence-corrected chi connectivity index (χ0v) is 19.6. The number of carbonyl (C=O) groups is 1. The summed E-state index contributed by atoms with van der Waals surface area (Å²) in [6, 6.07) is 0.545. The molecule has 0 spiro atoms. The predicted molar refractivity (Wildman–Crippen MR) is 120 cm³/mol. The van der Waals surface area contributed by atoms with E-state index in [1.807, 2.05) is 11.8 Å². The second-order valence-corrected chi connectivity index (χ2v) is 9.74. The molecule has 0 aliphatic heterocycles. The van der Waals surface area contributed by atoms with Gasteiger partial charge in [-0.25, -0.2) is 0 Å². The van der Waals surface area contributed by atoms with Gasteiger partial charge in [-0.3, -0.25) is 0 Å². The quantitative estimate of drug-likeness (QED) is 0.414. The van der Waals surface area contributed by atoms with E-state index < -0.39 is 0 Å². The molecule has 1 fully saturated rings. The zero-order valence-electron chi connectivity index (χ0n) is 18.8. The van der Waals surface area contributed by atoms with E-state index >= 15 is 0 Å². The van der Waals surface area contributed by atoms with Gasteiger partial charge in [0.1, 0.15) is 5.78 Å². The molecule has 3 nitrogen and oxygen atoms in total. The third-order valence-corrected chi connectivity index (χ3v) is 7.44. The lowest BCUT2D eigenvalue weighted by Crippen LogP contribution is -2.40. The molecule has 6 atom stereocenters. The number of ketones is 1. The van der Waals surface area contributed by atoms with Crippen molar-refractivity contribution in [2.75, 3.05) is 25.2 Å². The maximum atomic E-state index is 11.3. The van der Waals surface area contributed by atoms with Crippen molar-refractivity contribution in [3.8, 4) is 0 Å². The minimum atomic E-state index is 0.319. The van der Waals surface area contributed by atoms with Gasteiger partial charge in [-0.1, -0.05) is 20.8 Å². The van der Waals surface area contributed by atoms with Crippen molar-refractivity contribution in [2.45, 2.75) is 91.7 Å². The van der Waals surface area contributed by atoms with E-state index in [1.165, 1.54) is 31.4 Å². The van der Waals surface area contributed by atoms with Crippen LogP contribution in [-0.4, -0.2) is 43.1 Å². The molecule has 27 heavy (non-hydrogen) atoms. The second-order valence-electron chi connectivity index (χ2n) is 8.75. The van der Waals surface area contributed by atoms with Crippen LogP contribution < -0.4 is 5.32 Å². The van der Waals surface area contributed by atoms with Crippen LogP contribution in [0.3, 0.4) is 0 Å². The SMILES string of the molecule is CCOC1CC[C@H](CCNC(CCCC(C)=O)[C@@H](C)CCSC)C(C)C1C. The molecular formula is C23H45NO2S. The predicted octanol–water partition coefficient (Wildman–Crippen LogP) is 5.57. The first-order valence-corrected chi connectivity index (χ1v) is 12.6. The van der Waals surface area contributed by atoms with Gasteiger partial charge in [-0.05, 0) is 94.6 Å². The Bertz CT molecular complexity index is 404. The van der Waals surface area contributed by atoms with E-state index in [0.29, 0.717) is 29.8 Å². The van der Waals surface area contributed by atoms with Crippen molar-refractivity contribution in [1.82, 2.24) is 5.32 Å². The number of hydrogen-bond acceptors (Lipinski definition) is 4. The lowest BCUT2D eigenvalue weighted by Gasteiger charge is -2.40. The molecule has 0 amide bonds. The average Bonchev–Trinajstić information content (AvgIpc) is 2.63. The standard InChI is InChI=1S/C23H45NO2S/c1-7-26-23-12-11-21(19(4)20(23)5)13-15-24-22(10-8-9-18(3)25)17(2)14-16-27-6/h17,19-24H,7-16H2,1-6H3/t17-,19?,20?,21+,22?,23?/m0/s1. The highest BCUT2D eigenvalue weighted by Gasteiger charge is 2.34. The third-order valence-electron chi connectivity index (χ3n) is 6.79. The Hall–Kier alpha value is -0.0600. The minimum Gasteiger partial charge on any atom is -0.378 e. The van der Waals surface area contributed by atoms with Crippen molar-refractivity contribution in [3.63, 3.8) is 0 Å². The smallest absolute Gasteiger partial charge is 0.129 e. The summed E-state index contributed by atoms with van der Waals surface area (Å²) < 4.78 is 5.94. The van der Waals surface area contributed by atoms with Crippen LogP contribution >= 0.6 is 11.8 Å². The number of hydrogen-bond donors (Lipinski definition) is 1. The first-order valence-electron chi connectivity index (χ1n) is 11.2. The number of nitrogens with one attached hydrogen (secondary N) is 1. The van der Waals surface area contributed by atoms with Crippen LogP contribution in [-0.2, 0) is 9.53 Å². The number of Topliss-reactive ketones (excluding diaryl/α,β-unsaturated/α-hetero) is 1. The Kier molecular flexibility index (Phi) is 13.0. The van der Waals surface area contributed by atoms with Gasteiger partial charge in [0.25, 0.3) is 0 Å². The van der Waals surface area contributed by atoms with Crippen molar-refractivity contribution in [1.29, 1.82) is 0 Å². The third kappa shape index (κ3) is 9.32. The summed E-state index contributed by atoms with van der Waals surface area (Å²) in [7, 11) is 0. The van der Waals surface area contributed by atoms with Crippen molar-refractivity contribution in [3.05, 3.63) is 0 Å². The fraction of sp³-hybridized carbons (Fsp3) is 0.957. The molecule has 1 aliphatic rings. The molecule has 1 aliphatic carbocycles. The van der Waals surface area contributed by atoms with E-state index in [0.717, 1.165) is 44.2 Å². The van der Waals surface area contributed by atoms with Crippen molar-refractivity contribution >= 4 is 17.5 Å². The van der Waals surface area contributed by atoms with E-state index in [-0.39, 0.29) is 0 Å². The Morgan fingerprint density at radius 1 is 1.22 bits per heavy atom. The number of ether oxygens (including phenoxy) is 1. The molecule has 1 saturated carbocycles. The molecule has 0 saturated heterocycles. The Balaban J connectivity index is 2.45. The minimum absolute atomic E-state index is 0.319. The Labute approximate surface area is 173 Å².